The van der Waals surface area contributed by atoms with Crippen molar-refractivity contribution in [3.05, 3.63) is 53.1 Å². The zero-order valence-electron chi connectivity index (χ0n) is 10.4. The molecule has 0 bridgehead atoms. The Labute approximate surface area is 116 Å². The van der Waals surface area contributed by atoms with Gasteiger partial charge in [-0.05, 0) is 25.1 Å². The molecule has 1 N–H and O–H groups in total. The summed E-state index contributed by atoms with van der Waals surface area (Å²) >= 11 is 6.16. The Morgan fingerprint density at radius 3 is 2.58 bits per heavy atom. The van der Waals surface area contributed by atoms with Crippen molar-refractivity contribution in [1.82, 2.24) is 0 Å². The molecule has 0 atom stereocenters. The number of hydrogen-bond acceptors (Lipinski definition) is 3. The van der Waals surface area contributed by atoms with Gasteiger partial charge in [-0.1, -0.05) is 35.9 Å². The fourth-order valence-corrected chi connectivity index (χ4v) is 2.06. The predicted molar refractivity (Wildman–Crippen MR) is 74.5 cm³/mol. The Morgan fingerprint density at radius 1 is 1.21 bits per heavy atom. The Balaban J connectivity index is 2.40. The summed E-state index contributed by atoms with van der Waals surface area (Å²) in [4.78, 5) is 11.6. The smallest absolute Gasteiger partial charge is 0.338 e. The van der Waals surface area contributed by atoms with E-state index in [1.54, 1.807) is 43.3 Å². The lowest BCUT2D eigenvalue weighted by molar-refractivity contribution is 0.0526. The summed E-state index contributed by atoms with van der Waals surface area (Å²) in [6.45, 7) is 2.06. The Morgan fingerprint density at radius 2 is 1.95 bits per heavy atom. The third-order valence-corrected chi connectivity index (χ3v) is 2.99. The fourth-order valence-electron chi connectivity index (χ4n) is 1.78. The van der Waals surface area contributed by atoms with Gasteiger partial charge in [-0.15, -0.1) is 0 Å². The van der Waals surface area contributed by atoms with Crippen LogP contribution in [0.1, 0.15) is 17.3 Å². The lowest BCUT2D eigenvalue weighted by atomic mass is 10.0. The monoisotopic (exact) mass is 276 g/mol. The quantitative estimate of drug-likeness (QED) is 0.865. The maximum Gasteiger partial charge on any atom is 0.338 e. The number of carbonyl (C=O) groups is 1. The molecule has 98 valence electrons. The Hall–Kier alpha value is -2.00. The third-order valence-electron chi connectivity index (χ3n) is 2.67. The van der Waals surface area contributed by atoms with E-state index in [9.17, 15) is 9.90 Å². The van der Waals surface area contributed by atoms with E-state index in [0.29, 0.717) is 28.3 Å². The number of carbonyl (C=O) groups excluding carboxylic acids is 1. The number of rotatable bonds is 3. The number of halogens is 1. The van der Waals surface area contributed by atoms with Crippen LogP contribution in [0.3, 0.4) is 0 Å². The minimum absolute atomic E-state index is 0.147. The van der Waals surface area contributed by atoms with Crippen LogP contribution >= 0.6 is 11.6 Å². The van der Waals surface area contributed by atoms with Gasteiger partial charge in [0.05, 0.1) is 12.2 Å². The number of phenols is 1. The Bertz CT molecular complexity index is 608. The average Bonchev–Trinajstić information content (AvgIpc) is 2.40. The van der Waals surface area contributed by atoms with Gasteiger partial charge in [0.2, 0.25) is 0 Å². The molecule has 0 aromatic heterocycles. The highest BCUT2D eigenvalue weighted by molar-refractivity contribution is 6.33. The number of benzene rings is 2. The zero-order chi connectivity index (χ0) is 13.8. The summed E-state index contributed by atoms with van der Waals surface area (Å²) in [6, 6.07) is 11.8. The van der Waals surface area contributed by atoms with Crippen molar-refractivity contribution < 1.29 is 14.6 Å². The number of phenolic OH excluding ortho intramolecular Hbond substituents is 1. The van der Waals surface area contributed by atoms with Crippen LogP contribution < -0.4 is 0 Å². The molecule has 4 heteroatoms. The first-order valence-electron chi connectivity index (χ1n) is 5.88. The van der Waals surface area contributed by atoms with Crippen molar-refractivity contribution in [2.75, 3.05) is 6.61 Å². The van der Waals surface area contributed by atoms with E-state index in [2.05, 4.69) is 0 Å². The lowest BCUT2D eigenvalue weighted by Crippen LogP contribution is -2.04. The molecule has 0 amide bonds. The minimum Gasteiger partial charge on any atom is -0.507 e. The molecular weight excluding hydrogens is 264 g/mol. The molecule has 0 aliphatic carbocycles. The van der Waals surface area contributed by atoms with Crippen molar-refractivity contribution in [3.63, 3.8) is 0 Å². The second kappa shape index (κ2) is 5.76. The second-order valence-electron chi connectivity index (χ2n) is 3.93. The standard InChI is InChI=1S/C15H13ClO3/c1-2-19-15(18)10-7-8-11(13(16)9-10)12-5-3-4-6-14(12)17/h3-9,17H,2H2,1H3. The maximum absolute atomic E-state index is 11.6. The van der Waals surface area contributed by atoms with Crippen molar-refractivity contribution >= 4 is 17.6 Å². The summed E-state index contributed by atoms with van der Waals surface area (Å²) in [5, 5.41) is 10.2. The molecule has 0 unspecified atom stereocenters. The van der Waals surface area contributed by atoms with E-state index < -0.39 is 5.97 Å². The van der Waals surface area contributed by atoms with Crippen LogP contribution in [-0.4, -0.2) is 17.7 Å². The normalized spacial score (nSPS) is 10.2. The van der Waals surface area contributed by atoms with Crippen LogP contribution in [0.4, 0.5) is 0 Å². The largest absolute Gasteiger partial charge is 0.507 e. The van der Waals surface area contributed by atoms with Gasteiger partial charge < -0.3 is 9.84 Å². The highest BCUT2D eigenvalue weighted by atomic mass is 35.5. The molecule has 0 aliphatic rings. The van der Waals surface area contributed by atoms with Gasteiger partial charge in [0, 0.05) is 16.1 Å². The third kappa shape index (κ3) is 2.88. The molecule has 3 nitrogen and oxygen atoms in total. The summed E-state index contributed by atoms with van der Waals surface area (Å²) in [7, 11) is 0. The van der Waals surface area contributed by atoms with Crippen LogP contribution in [-0.2, 0) is 4.74 Å². The van der Waals surface area contributed by atoms with Crippen molar-refractivity contribution in [1.29, 1.82) is 0 Å². The average molecular weight is 277 g/mol. The molecule has 0 fully saturated rings. The van der Waals surface area contributed by atoms with Crippen LogP contribution in [0.5, 0.6) is 5.75 Å². The summed E-state index contributed by atoms with van der Waals surface area (Å²) in [5.74, 6) is -0.262. The topological polar surface area (TPSA) is 46.5 Å². The molecule has 0 saturated heterocycles. The molecule has 19 heavy (non-hydrogen) atoms. The second-order valence-corrected chi connectivity index (χ2v) is 4.34. The van der Waals surface area contributed by atoms with Gasteiger partial charge in [-0.2, -0.15) is 0 Å². The summed E-state index contributed by atoms with van der Waals surface area (Å²) in [5.41, 5.74) is 1.70. The van der Waals surface area contributed by atoms with Crippen molar-refractivity contribution in [2.24, 2.45) is 0 Å². The van der Waals surface area contributed by atoms with Gasteiger partial charge in [0.1, 0.15) is 5.75 Å². The number of hydrogen-bond donors (Lipinski definition) is 1. The predicted octanol–water partition coefficient (Wildman–Crippen LogP) is 3.89. The molecule has 2 aromatic rings. The first-order valence-corrected chi connectivity index (χ1v) is 6.26. The first-order chi connectivity index (χ1) is 9.13. The molecule has 0 aliphatic heterocycles. The molecule has 0 spiro atoms. The van der Waals surface area contributed by atoms with Crippen LogP contribution in [0.15, 0.2) is 42.5 Å². The lowest BCUT2D eigenvalue weighted by Gasteiger charge is -2.08. The van der Waals surface area contributed by atoms with E-state index in [0.717, 1.165) is 0 Å². The van der Waals surface area contributed by atoms with Gasteiger partial charge in [0.15, 0.2) is 0 Å². The molecule has 2 aromatic carbocycles. The van der Waals surface area contributed by atoms with Crippen molar-refractivity contribution in [3.8, 4) is 16.9 Å². The SMILES string of the molecule is CCOC(=O)c1ccc(-c2ccccc2O)c(Cl)c1. The van der Waals surface area contributed by atoms with Gasteiger partial charge in [-0.3, -0.25) is 0 Å². The number of ether oxygens (including phenoxy) is 1. The summed E-state index contributed by atoms with van der Waals surface area (Å²) < 4.78 is 4.91. The Kier molecular flexibility index (Phi) is 4.07. The van der Waals surface area contributed by atoms with E-state index >= 15 is 0 Å². The number of para-hydroxylation sites is 1. The van der Waals surface area contributed by atoms with Crippen LogP contribution in [0.25, 0.3) is 11.1 Å². The fraction of sp³-hybridized carbons (Fsp3) is 0.133. The first kappa shape index (κ1) is 13.4. The number of aromatic hydroxyl groups is 1. The molecule has 0 radical (unpaired) electrons. The zero-order valence-corrected chi connectivity index (χ0v) is 11.1. The molecule has 2 rings (SSSR count). The molecule has 0 heterocycles. The van der Waals surface area contributed by atoms with E-state index in [-0.39, 0.29) is 5.75 Å². The number of esters is 1. The molecule has 0 saturated carbocycles. The highest BCUT2D eigenvalue weighted by Gasteiger charge is 2.12. The maximum atomic E-state index is 11.6. The van der Waals surface area contributed by atoms with E-state index in [4.69, 9.17) is 16.3 Å². The van der Waals surface area contributed by atoms with Gasteiger partial charge in [0.25, 0.3) is 0 Å². The molecular formula is C15H13ClO3. The highest BCUT2D eigenvalue weighted by Crippen LogP contribution is 2.34. The van der Waals surface area contributed by atoms with Crippen molar-refractivity contribution in [2.45, 2.75) is 6.92 Å². The van der Waals surface area contributed by atoms with Gasteiger partial charge in [-0.25, -0.2) is 4.79 Å². The van der Waals surface area contributed by atoms with Crippen LogP contribution in [0.2, 0.25) is 5.02 Å². The van der Waals surface area contributed by atoms with Gasteiger partial charge >= 0.3 is 5.97 Å². The summed E-state index contributed by atoms with van der Waals surface area (Å²) in [6.07, 6.45) is 0. The minimum atomic E-state index is -0.409. The van der Waals surface area contributed by atoms with E-state index in [1.165, 1.54) is 0 Å². The van der Waals surface area contributed by atoms with E-state index in [1.807, 2.05) is 6.07 Å². The van der Waals surface area contributed by atoms with Crippen LogP contribution in [0, 0.1) is 0 Å².